The van der Waals surface area contributed by atoms with Crippen molar-refractivity contribution >= 4 is 21.8 Å². The van der Waals surface area contributed by atoms with Crippen molar-refractivity contribution in [2.45, 2.75) is 32.9 Å². The lowest BCUT2D eigenvalue weighted by Crippen LogP contribution is -2.29. The number of aromatic nitrogens is 1. The van der Waals surface area contributed by atoms with Crippen molar-refractivity contribution in [1.29, 1.82) is 0 Å². The fourth-order valence-corrected chi connectivity index (χ4v) is 2.73. The van der Waals surface area contributed by atoms with Crippen molar-refractivity contribution in [3.8, 4) is 0 Å². The standard InChI is InChI=1S/C16H18BrFN2O/c1-3-8-20-10-12(17)9-15(20)16(21)19-11(2)13-6-4-5-7-14(13)18/h4-7,9-11H,3,8H2,1-2H3,(H,19,21). The van der Waals surface area contributed by atoms with E-state index < -0.39 is 0 Å². The molecule has 0 aliphatic rings. The van der Waals surface area contributed by atoms with Crippen molar-refractivity contribution in [2.24, 2.45) is 0 Å². The smallest absolute Gasteiger partial charge is 0.268 e. The number of carbonyl (C=O) groups is 1. The van der Waals surface area contributed by atoms with Crippen LogP contribution in [0.15, 0.2) is 41.0 Å². The number of aryl methyl sites for hydroxylation is 1. The third kappa shape index (κ3) is 3.73. The van der Waals surface area contributed by atoms with Crippen LogP contribution in [0, 0.1) is 5.82 Å². The van der Waals surface area contributed by atoms with Crippen LogP contribution in [0.5, 0.6) is 0 Å². The van der Waals surface area contributed by atoms with Gasteiger partial charge < -0.3 is 9.88 Å². The topological polar surface area (TPSA) is 34.0 Å². The maximum Gasteiger partial charge on any atom is 0.268 e. The summed E-state index contributed by atoms with van der Waals surface area (Å²) in [5, 5.41) is 2.84. The Morgan fingerprint density at radius 3 is 2.81 bits per heavy atom. The van der Waals surface area contributed by atoms with Crippen LogP contribution in [-0.4, -0.2) is 10.5 Å². The second kappa shape index (κ2) is 6.89. The number of benzene rings is 1. The summed E-state index contributed by atoms with van der Waals surface area (Å²) in [6, 6.07) is 7.87. The van der Waals surface area contributed by atoms with Gasteiger partial charge in [0.15, 0.2) is 0 Å². The van der Waals surface area contributed by atoms with Crippen molar-refractivity contribution < 1.29 is 9.18 Å². The summed E-state index contributed by atoms with van der Waals surface area (Å²) in [6.07, 6.45) is 2.82. The van der Waals surface area contributed by atoms with E-state index in [0.717, 1.165) is 17.4 Å². The van der Waals surface area contributed by atoms with Gasteiger partial charge in [0.05, 0.1) is 6.04 Å². The van der Waals surface area contributed by atoms with Gasteiger partial charge in [-0.1, -0.05) is 25.1 Å². The van der Waals surface area contributed by atoms with E-state index in [2.05, 4.69) is 28.2 Å². The van der Waals surface area contributed by atoms with Crippen LogP contribution in [0.2, 0.25) is 0 Å². The summed E-state index contributed by atoms with van der Waals surface area (Å²) in [7, 11) is 0. The average Bonchev–Trinajstić information content (AvgIpc) is 2.80. The molecule has 1 unspecified atom stereocenters. The SMILES string of the molecule is CCCn1cc(Br)cc1C(=O)NC(C)c1ccccc1F. The number of hydrogen-bond acceptors (Lipinski definition) is 1. The zero-order valence-corrected chi connectivity index (χ0v) is 13.7. The van der Waals surface area contributed by atoms with E-state index in [-0.39, 0.29) is 17.8 Å². The number of nitrogens with one attached hydrogen (secondary N) is 1. The molecular weight excluding hydrogens is 335 g/mol. The van der Waals surface area contributed by atoms with E-state index in [9.17, 15) is 9.18 Å². The van der Waals surface area contributed by atoms with Gasteiger partial charge in [0.2, 0.25) is 0 Å². The molecule has 0 saturated heterocycles. The Kier molecular flexibility index (Phi) is 5.17. The Bertz CT molecular complexity index is 639. The summed E-state index contributed by atoms with van der Waals surface area (Å²) in [6.45, 7) is 4.60. The zero-order valence-electron chi connectivity index (χ0n) is 12.1. The highest BCUT2D eigenvalue weighted by molar-refractivity contribution is 9.10. The maximum absolute atomic E-state index is 13.7. The van der Waals surface area contributed by atoms with Gasteiger partial charge in [0.1, 0.15) is 11.5 Å². The van der Waals surface area contributed by atoms with Crippen LogP contribution in [0.3, 0.4) is 0 Å². The van der Waals surface area contributed by atoms with Gasteiger partial charge in [0.25, 0.3) is 5.91 Å². The third-order valence-corrected chi connectivity index (χ3v) is 3.71. The van der Waals surface area contributed by atoms with Crippen LogP contribution in [-0.2, 0) is 6.54 Å². The van der Waals surface area contributed by atoms with Gasteiger partial charge in [-0.25, -0.2) is 4.39 Å². The number of carbonyl (C=O) groups excluding carboxylic acids is 1. The molecule has 1 aromatic carbocycles. The highest BCUT2D eigenvalue weighted by Gasteiger charge is 2.17. The van der Waals surface area contributed by atoms with Crippen molar-refractivity contribution in [3.63, 3.8) is 0 Å². The fraction of sp³-hybridized carbons (Fsp3) is 0.312. The first-order valence-electron chi connectivity index (χ1n) is 6.94. The molecule has 2 rings (SSSR count). The molecule has 0 aliphatic heterocycles. The molecule has 5 heteroatoms. The van der Waals surface area contributed by atoms with E-state index in [1.807, 2.05) is 10.8 Å². The summed E-state index contributed by atoms with van der Waals surface area (Å²) < 4.78 is 16.5. The van der Waals surface area contributed by atoms with Crippen LogP contribution in [0.25, 0.3) is 0 Å². The van der Waals surface area contributed by atoms with E-state index in [1.165, 1.54) is 6.07 Å². The fourth-order valence-electron chi connectivity index (χ4n) is 2.27. The van der Waals surface area contributed by atoms with E-state index in [1.54, 1.807) is 31.2 Å². The summed E-state index contributed by atoms with van der Waals surface area (Å²) in [4.78, 5) is 12.4. The van der Waals surface area contributed by atoms with Crippen LogP contribution >= 0.6 is 15.9 Å². The second-order valence-corrected chi connectivity index (χ2v) is 5.87. The molecule has 21 heavy (non-hydrogen) atoms. The first-order valence-corrected chi connectivity index (χ1v) is 7.73. The summed E-state index contributed by atoms with van der Waals surface area (Å²) >= 11 is 3.38. The number of nitrogens with zero attached hydrogens (tertiary/aromatic N) is 1. The lowest BCUT2D eigenvalue weighted by Gasteiger charge is -2.16. The molecule has 1 N–H and O–H groups in total. The lowest BCUT2D eigenvalue weighted by molar-refractivity contribution is 0.0930. The molecule has 1 atom stereocenters. The molecule has 1 amide bonds. The minimum Gasteiger partial charge on any atom is -0.344 e. The summed E-state index contributed by atoms with van der Waals surface area (Å²) in [5.74, 6) is -0.514. The number of halogens is 2. The second-order valence-electron chi connectivity index (χ2n) is 4.95. The highest BCUT2D eigenvalue weighted by Crippen LogP contribution is 2.19. The van der Waals surface area contributed by atoms with E-state index >= 15 is 0 Å². The number of rotatable bonds is 5. The largest absolute Gasteiger partial charge is 0.344 e. The third-order valence-electron chi connectivity index (χ3n) is 3.28. The zero-order chi connectivity index (χ0) is 15.4. The normalized spacial score (nSPS) is 12.2. The molecule has 0 fully saturated rings. The molecule has 0 aliphatic carbocycles. The molecule has 0 saturated carbocycles. The van der Waals surface area contributed by atoms with Crippen LogP contribution in [0.4, 0.5) is 4.39 Å². The van der Waals surface area contributed by atoms with Gasteiger partial charge in [-0.2, -0.15) is 0 Å². The predicted molar refractivity (Wildman–Crippen MR) is 84.7 cm³/mol. The van der Waals surface area contributed by atoms with Crippen molar-refractivity contribution in [2.75, 3.05) is 0 Å². The first kappa shape index (κ1) is 15.8. The highest BCUT2D eigenvalue weighted by atomic mass is 79.9. The molecule has 2 aromatic rings. The number of hydrogen-bond donors (Lipinski definition) is 1. The van der Waals surface area contributed by atoms with Crippen molar-refractivity contribution in [1.82, 2.24) is 9.88 Å². The molecule has 1 heterocycles. The van der Waals surface area contributed by atoms with Gasteiger partial charge in [-0.3, -0.25) is 4.79 Å². The van der Waals surface area contributed by atoms with Crippen molar-refractivity contribution in [3.05, 3.63) is 58.1 Å². The Balaban J connectivity index is 2.16. The Morgan fingerprint density at radius 1 is 1.43 bits per heavy atom. The van der Waals surface area contributed by atoms with Crippen LogP contribution < -0.4 is 5.32 Å². The molecule has 0 bridgehead atoms. The summed E-state index contributed by atoms with van der Waals surface area (Å²) in [5.41, 5.74) is 1.06. The van der Waals surface area contributed by atoms with Gasteiger partial charge in [-0.05, 0) is 41.4 Å². The molecular formula is C16H18BrFN2O. The lowest BCUT2D eigenvalue weighted by atomic mass is 10.1. The predicted octanol–water partition coefficient (Wildman–Crippen LogP) is 4.29. The quantitative estimate of drug-likeness (QED) is 0.855. The molecule has 3 nitrogen and oxygen atoms in total. The molecule has 0 radical (unpaired) electrons. The Hall–Kier alpha value is -1.62. The first-order chi connectivity index (χ1) is 10.0. The van der Waals surface area contributed by atoms with Gasteiger partial charge >= 0.3 is 0 Å². The maximum atomic E-state index is 13.7. The Morgan fingerprint density at radius 2 is 2.14 bits per heavy atom. The Labute approximate surface area is 132 Å². The molecule has 112 valence electrons. The molecule has 0 spiro atoms. The van der Waals surface area contributed by atoms with E-state index in [0.29, 0.717) is 11.3 Å². The van der Waals surface area contributed by atoms with E-state index in [4.69, 9.17) is 0 Å². The monoisotopic (exact) mass is 352 g/mol. The number of amides is 1. The van der Waals surface area contributed by atoms with Gasteiger partial charge in [-0.15, -0.1) is 0 Å². The minimum atomic E-state index is -0.387. The molecule has 1 aromatic heterocycles. The minimum absolute atomic E-state index is 0.204. The van der Waals surface area contributed by atoms with Gasteiger partial charge in [0, 0.05) is 22.8 Å². The average molecular weight is 353 g/mol. The van der Waals surface area contributed by atoms with Crippen LogP contribution in [0.1, 0.15) is 42.4 Å².